The van der Waals surface area contributed by atoms with Gasteiger partial charge in [-0.2, -0.15) is 4.89 Å². The van der Waals surface area contributed by atoms with E-state index in [1.54, 1.807) is 6.92 Å². The van der Waals surface area contributed by atoms with E-state index in [9.17, 15) is 4.79 Å². The Morgan fingerprint density at radius 1 is 1.75 bits per heavy atom. The lowest BCUT2D eigenvalue weighted by molar-refractivity contribution is -0.121. The maximum absolute atomic E-state index is 10.5. The van der Waals surface area contributed by atoms with E-state index >= 15 is 0 Å². The predicted molar refractivity (Wildman–Crippen MR) is 48.1 cm³/mol. The molecule has 0 spiro atoms. The molecule has 0 aromatic carbocycles. The van der Waals surface area contributed by atoms with Crippen LogP contribution in [0, 0.1) is 0 Å². The zero-order valence-corrected chi connectivity index (χ0v) is 8.47. The monoisotopic (exact) mass is 195 g/mol. The Kier molecular flexibility index (Phi) is 10.0. The van der Waals surface area contributed by atoms with E-state index in [0.717, 1.165) is 0 Å². The lowest BCUT2D eigenvalue weighted by Gasteiger charge is -2.02. The molecular weight excluding hydrogens is 179 g/mol. The Morgan fingerprint density at radius 2 is 2.08 bits per heavy atom. The number of hydrogen-bond donors (Lipinski definition) is 3. The van der Waals surface area contributed by atoms with Crippen LogP contribution in [0.2, 0.25) is 0 Å². The lowest BCUT2D eigenvalue weighted by Crippen LogP contribution is -2.37. The number of nitrogens with two attached hydrogens (primary N) is 1. The first-order valence-corrected chi connectivity index (χ1v) is 5.20. The standard InChI is InChI=1S/C5H12N2O.CH3O2P/c1-3-7-5(8)4(2)6;1-4(2)3/h4H,3,6H2,1-2H3,(H,7,8);1H3/p+1/t4-;/m0./s1. The average Bonchev–Trinajstić information content (AvgIpc) is 1.86. The molecule has 0 bridgehead atoms. The van der Waals surface area contributed by atoms with E-state index in [4.69, 9.17) is 15.2 Å². The molecule has 12 heavy (non-hydrogen) atoms. The van der Waals surface area contributed by atoms with Gasteiger partial charge in [-0.25, -0.2) is 0 Å². The summed E-state index contributed by atoms with van der Waals surface area (Å²) in [5, 5.41) is 2.58. The van der Waals surface area contributed by atoms with Crippen LogP contribution >= 0.6 is 8.03 Å². The first kappa shape index (κ1) is 14.0. The molecule has 0 fully saturated rings. The number of carbonyl (C=O) groups is 1. The second-order valence-corrected chi connectivity index (χ2v) is 3.08. The molecule has 0 aliphatic heterocycles. The largest absolute Gasteiger partial charge is 0.502 e. The smallest absolute Gasteiger partial charge is 0.355 e. The Bertz CT molecular complexity index is 146. The minimum Gasteiger partial charge on any atom is -0.355 e. The minimum absolute atomic E-state index is 0.0903. The van der Waals surface area contributed by atoms with E-state index in [1.165, 1.54) is 6.66 Å². The molecule has 1 amide bonds. The lowest BCUT2D eigenvalue weighted by atomic mass is 10.3. The van der Waals surface area contributed by atoms with Crippen molar-refractivity contribution < 1.29 is 14.3 Å². The number of carbonyl (C=O) groups excluding carboxylic acids is 1. The van der Waals surface area contributed by atoms with Crippen LogP contribution in [0.1, 0.15) is 13.8 Å². The van der Waals surface area contributed by atoms with Crippen LogP contribution in [-0.4, -0.2) is 30.1 Å². The number of amides is 1. The summed E-state index contributed by atoms with van der Waals surface area (Å²) < 4.78 is 9.15. The summed E-state index contributed by atoms with van der Waals surface area (Å²) >= 11 is 0. The van der Waals surface area contributed by atoms with Gasteiger partial charge < -0.3 is 11.1 Å². The molecule has 0 saturated carbocycles. The van der Waals surface area contributed by atoms with Gasteiger partial charge in [0.1, 0.15) is 0 Å². The highest BCUT2D eigenvalue weighted by molar-refractivity contribution is 7.36. The highest BCUT2D eigenvalue weighted by Crippen LogP contribution is 1.99. The fourth-order valence-electron chi connectivity index (χ4n) is 0.335. The van der Waals surface area contributed by atoms with Crippen LogP contribution < -0.4 is 11.1 Å². The van der Waals surface area contributed by atoms with E-state index in [-0.39, 0.29) is 11.9 Å². The van der Waals surface area contributed by atoms with Crippen molar-refractivity contribution in [1.82, 2.24) is 5.32 Å². The van der Waals surface area contributed by atoms with Crippen LogP contribution in [0.5, 0.6) is 0 Å². The Balaban J connectivity index is 0. The van der Waals surface area contributed by atoms with Crippen LogP contribution in [0.25, 0.3) is 0 Å². The predicted octanol–water partition coefficient (Wildman–Crippen LogP) is -0.179. The van der Waals surface area contributed by atoms with Gasteiger partial charge in [0.05, 0.1) is 6.04 Å². The summed E-state index contributed by atoms with van der Waals surface area (Å²) in [7, 11) is -1.87. The summed E-state index contributed by atoms with van der Waals surface area (Å²) in [5.74, 6) is -0.0903. The van der Waals surface area contributed by atoms with E-state index in [2.05, 4.69) is 5.32 Å². The van der Waals surface area contributed by atoms with Crippen molar-refractivity contribution in [1.29, 1.82) is 0 Å². The highest BCUT2D eigenvalue weighted by atomic mass is 31.1. The topological polar surface area (TPSA) is 92.4 Å². The third-order valence-electron chi connectivity index (χ3n) is 0.765. The summed E-state index contributed by atoms with van der Waals surface area (Å²) in [5.41, 5.74) is 5.21. The first-order chi connectivity index (χ1) is 5.41. The zero-order chi connectivity index (χ0) is 10.1. The molecule has 6 heteroatoms. The number of nitrogens with one attached hydrogen (secondary N) is 1. The molecular formula is C6H16N2O3P+. The summed E-state index contributed by atoms with van der Waals surface area (Å²) in [6, 6.07) is -0.380. The van der Waals surface area contributed by atoms with Gasteiger partial charge in [0.15, 0.2) is 6.66 Å². The van der Waals surface area contributed by atoms with Crippen molar-refractivity contribution in [3.8, 4) is 0 Å². The summed E-state index contributed by atoms with van der Waals surface area (Å²) in [6.45, 7) is 5.40. The van der Waals surface area contributed by atoms with Gasteiger partial charge in [0, 0.05) is 6.54 Å². The van der Waals surface area contributed by atoms with Gasteiger partial charge in [0.25, 0.3) is 0 Å². The maximum atomic E-state index is 10.5. The van der Waals surface area contributed by atoms with Gasteiger partial charge >= 0.3 is 8.03 Å². The first-order valence-electron chi connectivity index (χ1n) is 3.54. The van der Waals surface area contributed by atoms with Crippen LogP contribution in [0.4, 0.5) is 0 Å². The average molecular weight is 195 g/mol. The number of rotatable bonds is 2. The third-order valence-corrected chi connectivity index (χ3v) is 0.765. The molecule has 72 valence electrons. The van der Waals surface area contributed by atoms with Crippen molar-refractivity contribution in [3.05, 3.63) is 0 Å². The van der Waals surface area contributed by atoms with Crippen molar-refractivity contribution in [2.24, 2.45) is 5.73 Å². The maximum Gasteiger partial charge on any atom is 0.502 e. The van der Waals surface area contributed by atoms with E-state index in [1.807, 2.05) is 6.92 Å². The molecule has 0 heterocycles. The molecule has 2 atom stereocenters. The summed E-state index contributed by atoms with van der Waals surface area (Å²) in [4.78, 5) is 18.1. The van der Waals surface area contributed by atoms with Crippen molar-refractivity contribution in [2.75, 3.05) is 13.2 Å². The molecule has 5 nitrogen and oxygen atoms in total. The van der Waals surface area contributed by atoms with Gasteiger partial charge in [-0.05, 0) is 18.4 Å². The molecule has 0 aliphatic carbocycles. The Morgan fingerprint density at radius 3 is 2.17 bits per heavy atom. The fourth-order valence-corrected chi connectivity index (χ4v) is 0.335. The summed E-state index contributed by atoms with van der Waals surface area (Å²) in [6.07, 6.45) is 0. The number of hydrogen-bond acceptors (Lipinski definition) is 3. The SMILES string of the molecule is CCNC(=O)[C@H](C)N.C[P+](=O)O. The van der Waals surface area contributed by atoms with Crippen molar-refractivity contribution >= 4 is 13.9 Å². The molecule has 0 rings (SSSR count). The molecule has 0 aromatic heterocycles. The van der Waals surface area contributed by atoms with Crippen LogP contribution in [0.15, 0.2) is 0 Å². The minimum atomic E-state index is -1.87. The van der Waals surface area contributed by atoms with Gasteiger partial charge in [-0.15, -0.1) is 0 Å². The van der Waals surface area contributed by atoms with Crippen molar-refractivity contribution in [3.63, 3.8) is 0 Å². The second kappa shape index (κ2) is 8.59. The highest BCUT2D eigenvalue weighted by Gasteiger charge is 2.02. The van der Waals surface area contributed by atoms with E-state index < -0.39 is 8.03 Å². The zero-order valence-electron chi connectivity index (χ0n) is 7.57. The Labute approximate surface area is 73.2 Å². The van der Waals surface area contributed by atoms with Gasteiger partial charge in [0.2, 0.25) is 5.91 Å². The van der Waals surface area contributed by atoms with Crippen LogP contribution in [0.3, 0.4) is 0 Å². The molecule has 0 saturated heterocycles. The van der Waals surface area contributed by atoms with Gasteiger partial charge in [-0.3, -0.25) is 4.79 Å². The molecule has 0 aromatic rings. The molecule has 1 unspecified atom stereocenters. The Hall–Kier alpha value is -0.510. The molecule has 0 radical (unpaired) electrons. The third kappa shape index (κ3) is 16.2. The van der Waals surface area contributed by atoms with Gasteiger partial charge in [-0.1, -0.05) is 0 Å². The molecule has 0 aliphatic rings. The quantitative estimate of drug-likeness (QED) is 0.533. The number of likely N-dealkylation sites (N-methyl/N-ethyl adjacent to an activating group) is 1. The van der Waals surface area contributed by atoms with Crippen LogP contribution in [-0.2, 0) is 9.36 Å². The second-order valence-electron chi connectivity index (χ2n) is 2.15. The molecule has 4 N–H and O–H groups in total. The van der Waals surface area contributed by atoms with E-state index in [0.29, 0.717) is 6.54 Å². The fraction of sp³-hybridized carbons (Fsp3) is 0.833. The van der Waals surface area contributed by atoms with Crippen molar-refractivity contribution in [2.45, 2.75) is 19.9 Å². The normalized spacial score (nSPS) is 12.2.